The third-order valence-electron chi connectivity index (χ3n) is 3.04. The van der Waals surface area contributed by atoms with E-state index in [-0.39, 0.29) is 11.4 Å². The molecule has 1 heterocycles. The fourth-order valence-corrected chi connectivity index (χ4v) is 1.35. The summed E-state index contributed by atoms with van der Waals surface area (Å²) in [6, 6.07) is 0. The Morgan fingerprint density at radius 2 is 2.12 bits per heavy atom. The lowest BCUT2D eigenvalue weighted by molar-refractivity contribution is 0.269. The van der Waals surface area contributed by atoms with Gasteiger partial charge in [-0.2, -0.15) is 4.98 Å². The third-order valence-corrected chi connectivity index (χ3v) is 3.62. The lowest BCUT2D eigenvalue weighted by atomic mass is 9.81. The molecule has 1 aromatic rings. The van der Waals surface area contributed by atoms with E-state index in [0.717, 1.165) is 16.8 Å². The van der Waals surface area contributed by atoms with Gasteiger partial charge in [0.2, 0.25) is 5.95 Å². The van der Waals surface area contributed by atoms with Gasteiger partial charge in [-0.05, 0) is 27.3 Å². The summed E-state index contributed by atoms with van der Waals surface area (Å²) in [7, 11) is 0. The summed E-state index contributed by atoms with van der Waals surface area (Å²) in [5.74, 6) is 1.63. The van der Waals surface area contributed by atoms with Crippen LogP contribution >= 0.6 is 15.9 Å². The van der Waals surface area contributed by atoms with Crippen LogP contribution in [-0.4, -0.2) is 16.5 Å². The molecule has 0 aliphatic carbocycles. The van der Waals surface area contributed by atoms with E-state index in [1.165, 1.54) is 0 Å². The molecule has 0 aliphatic rings. The summed E-state index contributed by atoms with van der Waals surface area (Å²) in [6.07, 6.45) is 1.66. The Balaban J connectivity index is 2.71. The second-order valence-corrected chi connectivity index (χ2v) is 5.78. The van der Waals surface area contributed by atoms with Crippen molar-refractivity contribution in [3.05, 3.63) is 10.7 Å². The van der Waals surface area contributed by atoms with Crippen molar-refractivity contribution in [2.24, 2.45) is 11.3 Å². The van der Waals surface area contributed by atoms with Crippen molar-refractivity contribution in [1.82, 2.24) is 9.97 Å². The van der Waals surface area contributed by atoms with Gasteiger partial charge in [-0.1, -0.05) is 27.7 Å². The van der Waals surface area contributed by atoms with Crippen LogP contribution in [-0.2, 0) is 0 Å². The van der Waals surface area contributed by atoms with Crippen molar-refractivity contribution in [3.63, 3.8) is 0 Å². The first-order valence-corrected chi connectivity index (χ1v) is 6.14. The molecule has 5 heteroatoms. The highest BCUT2D eigenvalue weighted by Crippen LogP contribution is 2.27. The van der Waals surface area contributed by atoms with Crippen molar-refractivity contribution in [2.45, 2.75) is 27.7 Å². The second kappa shape index (κ2) is 4.99. The van der Waals surface area contributed by atoms with Crippen LogP contribution in [0.25, 0.3) is 0 Å². The number of nitrogens with zero attached hydrogens (tertiary/aromatic N) is 2. The van der Waals surface area contributed by atoms with Crippen molar-refractivity contribution in [1.29, 1.82) is 0 Å². The quantitative estimate of drug-likeness (QED) is 0.893. The van der Waals surface area contributed by atoms with E-state index in [1.54, 1.807) is 6.20 Å². The number of halogens is 1. The first-order chi connectivity index (χ1) is 7.33. The number of hydrogen-bond donors (Lipinski definition) is 2. The zero-order valence-corrected chi connectivity index (χ0v) is 11.8. The molecule has 0 bridgehead atoms. The van der Waals surface area contributed by atoms with Crippen molar-refractivity contribution in [3.8, 4) is 0 Å². The molecule has 0 aliphatic heterocycles. The number of nitrogens with two attached hydrogens (primary N) is 1. The van der Waals surface area contributed by atoms with Gasteiger partial charge in [0.1, 0.15) is 5.82 Å². The number of nitrogens with one attached hydrogen (secondary N) is 1. The first-order valence-electron chi connectivity index (χ1n) is 5.35. The molecule has 4 nitrogen and oxygen atoms in total. The minimum Gasteiger partial charge on any atom is -0.368 e. The molecule has 1 rings (SSSR count). The molecule has 16 heavy (non-hydrogen) atoms. The largest absolute Gasteiger partial charge is 0.368 e. The SMILES string of the molecule is CC(C)C(C)(C)CNc1nc(N)ncc1Br. The Kier molecular flexibility index (Phi) is 4.13. The van der Waals surface area contributed by atoms with Gasteiger partial charge < -0.3 is 11.1 Å². The standard InChI is InChI=1S/C11H19BrN4/c1-7(2)11(3,4)6-15-9-8(12)5-14-10(13)16-9/h5,7H,6H2,1-4H3,(H3,13,14,15,16). The highest BCUT2D eigenvalue weighted by molar-refractivity contribution is 9.10. The lowest BCUT2D eigenvalue weighted by Gasteiger charge is -2.29. The molecule has 0 radical (unpaired) electrons. The molecular weight excluding hydrogens is 268 g/mol. The zero-order chi connectivity index (χ0) is 12.3. The number of nitrogen functional groups attached to an aromatic ring is 1. The van der Waals surface area contributed by atoms with E-state index in [0.29, 0.717) is 5.92 Å². The smallest absolute Gasteiger partial charge is 0.221 e. The van der Waals surface area contributed by atoms with Gasteiger partial charge in [-0.25, -0.2) is 4.98 Å². The van der Waals surface area contributed by atoms with Gasteiger partial charge in [0.15, 0.2) is 0 Å². The lowest BCUT2D eigenvalue weighted by Crippen LogP contribution is -2.29. The van der Waals surface area contributed by atoms with Crippen LogP contribution in [0, 0.1) is 11.3 Å². The van der Waals surface area contributed by atoms with Gasteiger partial charge >= 0.3 is 0 Å². The van der Waals surface area contributed by atoms with E-state index in [4.69, 9.17) is 5.73 Å². The molecule has 0 atom stereocenters. The maximum absolute atomic E-state index is 5.54. The molecule has 0 fully saturated rings. The summed E-state index contributed by atoms with van der Waals surface area (Å²) < 4.78 is 0.834. The van der Waals surface area contributed by atoms with Crippen molar-refractivity contribution < 1.29 is 0 Å². The van der Waals surface area contributed by atoms with E-state index in [2.05, 4.69) is 58.9 Å². The summed E-state index contributed by atoms with van der Waals surface area (Å²) >= 11 is 3.39. The van der Waals surface area contributed by atoms with Crippen LogP contribution in [0.15, 0.2) is 10.7 Å². The van der Waals surface area contributed by atoms with E-state index in [9.17, 15) is 0 Å². The van der Waals surface area contributed by atoms with Crippen molar-refractivity contribution in [2.75, 3.05) is 17.6 Å². The predicted octanol–water partition coefficient (Wildman–Crippen LogP) is 2.92. The van der Waals surface area contributed by atoms with Gasteiger partial charge in [-0.3, -0.25) is 0 Å². The van der Waals surface area contributed by atoms with Gasteiger partial charge in [-0.15, -0.1) is 0 Å². The summed E-state index contributed by atoms with van der Waals surface area (Å²) in [4.78, 5) is 8.04. The van der Waals surface area contributed by atoms with Gasteiger partial charge in [0, 0.05) is 12.7 Å². The summed E-state index contributed by atoms with van der Waals surface area (Å²) in [6.45, 7) is 9.72. The van der Waals surface area contributed by atoms with Crippen LogP contribution in [0.5, 0.6) is 0 Å². The summed E-state index contributed by atoms with van der Waals surface area (Å²) in [5, 5.41) is 3.30. The number of hydrogen-bond acceptors (Lipinski definition) is 4. The second-order valence-electron chi connectivity index (χ2n) is 4.92. The fraction of sp³-hybridized carbons (Fsp3) is 0.636. The first kappa shape index (κ1) is 13.2. The minimum absolute atomic E-state index is 0.207. The molecule has 0 saturated heterocycles. The van der Waals surface area contributed by atoms with Crippen molar-refractivity contribution >= 4 is 27.7 Å². The Labute approximate surface area is 105 Å². The van der Waals surface area contributed by atoms with Gasteiger partial charge in [0.25, 0.3) is 0 Å². The van der Waals surface area contributed by atoms with Gasteiger partial charge in [0.05, 0.1) is 4.47 Å². The fourth-order valence-electron chi connectivity index (χ4n) is 1.02. The molecule has 3 N–H and O–H groups in total. The Bertz CT molecular complexity index is 363. The molecule has 0 amide bonds. The maximum atomic E-state index is 5.54. The predicted molar refractivity (Wildman–Crippen MR) is 71.3 cm³/mol. The Morgan fingerprint density at radius 1 is 1.50 bits per heavy atom. The van der Waals surface area contributed by atoms with E-state index in [1.807, 2.05) is 0 Å². The topological polar surface area (TPSA) is 63.8 Å². The van der Waals surface area contributed by atoms with Crippen LogP contribution in [0.4, 0.5) is 11.8 Å². The summed E-state index contributed by atoms with van der Waals surface area (Å²) in [5.41, 5.74) is 5.75. The normalized spacial score (nSPS) is 11.9. The number of aromatic nitrogens is 2. The molecule has 0 saturated carbocycles. The highest BCUT2D eigenvalue weighted by atomic mass is 79.9. The number of anilines is 2. The minimum atomic E-state index is 0.207. The van der Waals surface area contributed by atoms with Crippen LogP contribution < -0.4 is 11.1 Å². The average molecular weight is 287 g/mol. The molecular formula is C11H19BrN4. The van der Waals surface area contributed by atoms with E-state index >= 15 is 0 Å². The molecule has 1 aromatic heterocycles. The molecule has 90 valence electrons. The molecule has 0 spiro atoms. The number of rotatable bonds is 4. The Hall–Kier alpha value is -0.840. The monoisotopic (exact) mass is 286 g/mol. The Morgan fingerprint density at radius 3 is 2.69 bits per heavy atom. The van der Waals surface area contributed by atoms with E-state index < -0.39 is 0 Å². The zero-order valence-electron chi connectivity index (χ0n) is 10.2. The maximum Gasteiger partial charge on any atom is 0.221 e. The molecule has 0 unspecified atom stereocenters. The highest BCUT2D eigenvalue weighted by Gasteiger charge is 2.22. The van der Waals surface area contributed by atoms with Crippen LogP contribution in [0.1, 0.15) is 27.7 Å². The molecule has 0 aromatic carbocycles. The van der Waals surface area contributed by atoms with Crippen LogP contribution in [0.2, 0.25) is 0 Å². The average Bonchev–Trinajstić information content (AvgIpc) is 2.19. The van der Waals surface area contributed by atoms with Crippen LogP contribution in [0.3, 0.4) is 0 Å². The third kappa shape index (κ3) is 3.33.